The third-order valence-corrected chi connectivity index (χ3v) is 6.83. The number of carbonyl (C=O) groups excluding carboxylic acids is 1. The zero-order chi connectivity index (χ0) is 24.7. The fraction of sp³-hybridized carbons (Fsp3) is 0.138. The van der Waals surface area contributed by atoms with Gasteiger partial charge in [0.1, 0.15) is 10.6 Å². The predicted octanol–water partition coefficient (Wildman–Crippen LogP) is 5.38. The van der Waals surface area contributed by atoms with Crippen molar-refractivity contribution < 1.29 is 14.7 Å². The molecule has 1 amide bonds. The molecule has 0 aliphatic heterocycles. The van der Waals surface area contributed by atoms with Crippen LogP contribution >= 0.6 is 15.9 Å². The van der Waals surface area contributed by atoms with Crippen LogP contribution in [0.1, 0.15) is 28.7 Å². The van der Waals surface area contributed by atoms with Crippen LogP contribution in [0.2, 0.25) is 0 Å². The molecule has 0 aliphatic carbocycles. The summed E-state index contributed by atoms with van der Waals surface area (Å²) in [6.45, 7) is 0. The Morgan fingerprint density at radius 2 is 1.29 bits per heavy atom. The lowest BCUT2D eigenvalue weighted by Crippen LogP contribution is -2.45. The Balaban J connectivity index is 1.74. The quantitative estimate of drug-likeness (QED) is 0.226. The van der Waals surface area contributed by atoms with Crippen molar-refractivity contribution in [3.63, 3.8) is 0 Å². The summed E-state index contributed by atoms with van der Waals surface area (Å²) in [5, 5.41) is 12.6. The second-order valence-electron chi connectivity index (χ2n) is 8.30. The van der Waals surface area contributed by atoms with Gasteiger partial charge in [-0.1, -0.05) is 97.1 Å². The number of nitrogens with one attached hydrogen (secondary N) is 1. The monoisotopic (exact) mass is 528 g/mol. The SMILES string of the molecule is O=C(CC(c1ccccc1)(c1ccccc1)c1ccccc1)N[C@@H](Cc1cccnc1Br)C(=O)O. The number of hydrogen-bond acceptors (Lipinski definition) is 3. The van der Waals surface area contributed by atoms with E-state index >= 15 is 0 Å². The van der Waals surface area contributed by atoms with Crippen LogP contribution in [0.25, 0.3) is 0 Å². The first-order chi connectivity index (χ1) is 17.0. The van der Waals surface area contributed by atoms with Gasteiger partial charge < -0.3 is 10.4 Å². The lowest BCUT2D eigenvalue weighted by molar-refractivity contribution is -0.141. The smallest absolute Gasteiger partial charge is 0.326 e. The molecule has 6 heteroatoms. The summed E-state index contributed by atoms with van der Waals surface area (Å²) in [5.41, 5.74) is 2.77. The van der Waals surface area contributed by atoms with Crippen molar-refractivity contribution in [2.75, 3.05) is 0 Å². The molecule has 0 bridgehead atoms. The average molecular weight is 529 g/mol. The lowest BCUT2D eigenvalue weighted by Gasteiger charge is -2.36. The van der Waals surface area contributed by atoms with Crippen molar-refractivity contribution in [3.05, 3.63) is 136 Å². The largest absolute Gasteiger partial charge is 0.480 e. The van der Waals surface area contributed by atoms with Crippen LogP contribution in [0.15, 0.2) is 114 Å². The van der Waals surface area contributed by atoms with Crippen LogP contribution in [0.5, 0.6) is 0 Å². The van der Waals surface area contributed by atoms with E-state index in [1.807, 2.05) is 91.0 Å². The molecular formula is C29H25BrN2O3. The van der Waals surface area contributed by atoms with Gasteiger partial charge in [-0.05, 0) is 44.3 Å². The van der Waals surface area contributed by atoms with Gasteiger partial charge in [-0.3, -0.25) is 4.79 Å². The number of hydrogen-bond donors (Lipinski definition) is 2. The Morgan fingerprint density at radius 1 is 0.800 bits per heavy atom. The molecule has 5 nitrogen and oxygen atoms in total. The minimum atomic E-state index is -1.10. The molecule has 1 atom stereocenters. The molecule has 0 saturated carbocycles. The molecular weight excluding hydrogens is 504 g/mol. The third kappa shape index (κ3) is 5.49. The van der Waals surface area contributed by atoms with Crippen molar-refractivity contribution in [2.24, 2.45) is 0 Å². The summed E-state index contributed by atoms with van der Waals surface area (Å²) in [6, 6.07) is 32.0. The molecule has 4 aromatic rings. The molecule has 176 valence electrons. The maximum atomic E-state index is 13.6. The number of aliphatic carboxylic acids is 1. The van der Waals surface area contributed by atoms with Gasteiger partial charge in [0.05, 0.1) is 5.41 Å². The first kappa shape index (κ1) is 24.4. The summed E-state index contributed by atoms with van der Waals surface area (Å²) in [6.07, 6.45) is 1.78. The van der Waals surface area contributed by atoms with E-state index in [-0.39, 0.29) is 18.7 Å². The molecule has 35 heavy (non-hydrogen) atoms. The Bertz CT molecular complexity index is 1180. The summed E-state index contributed by atoms with van der Waals surface area (Å²) in [4.78, 5) is 29.8. The van der Waals surface area contributed by atoms with Crippen LogP contribution < -0.4 is 5.32 Å². The number of aromatic nitrogens is 1. The van der Waals surface area contributed by atoms with Gasteiger partial charge in [0.25, 0.3) is 0 Å². The minimum Gasteiger partial charge on any atom is -0.480 e. The Morgan fingerprint density at radius 3 is 1.71 bits per heavy atom. The molecule has 0 aliphatic rings. The highest BCUT2D eigenvalue weighted by atomic mass is 79.9. The van der Waals surface area contributed by atoms with Crippen LogP contribution in [-0.4, -0.2) is 28.0 Å². The highest BCUT2D eigenvalue weighted by Crippen LogP contribution is 2.42. The molecule has 0 saturated heterocycles. The minimum absolute atomic E-state index is 0.0447. The van der Waals surface area contributed by atoms with Gasteiger partial charge in [0, 0.05) is 19.0 Å². The molecule has 0 radical (unpaired) electrons. The number of rotatable bonds is 9. The number of carbonyl (C=O) groups is 2. The fourth-order valence-corrected chi connectivity index (χ4v) is 4.86. The van der Waals surface area contributed by atoms with Crippen LogP contribution in [0.4, 0.5) is 0 Å². The average Bonchev–Trinajstić information content (AvgIpc) is 2.89. The predicted molar refractivity (Wildman–Crippen MR) is 139 cm³/mol. The number of benzene rings is 3. The van der Waals surface area contributed by atoms with Crippen molar-refractivity contribution in [1.82, 2.24) is 10.3 Å². The van der Waals surface area contributed by atoms with E-state index in [1.54, 1.807) is 18.3 Å². The van der Waals surface area contributed by atoms with E-state index < -0.39 is 17.4 Å². The molecule has 0 unspecified atom stereocenters. The number of nitrogens with zero attached hydrogens (tertiary/aromatic N) is 1. The van der Waals surface area contributed by atoms with E-state index in [0.29, 0.717) is 10.2 Å². The number of carboxylic acid groups (broad SMARTS) is 1. The first-order valence-electron chi connectivity index (χ1n) is 11.3. The van der Waals surface area contributed by atoms with E-state index in [0.717, 1.165) is 16.7 Å². The summed E-state index contributed by atoms with van der Waals surface area (Å²) < 4.78 is 0.563. The number of carboxylic acids is 1. The van der Waals surface area contributed by atoms with E-state index in [2.05, 4.69) is 26.2 Å². The molecule has 4 rings (SSSR count). The molecule has 2 N–H and O–H groups in total. The van der Waals surface area contributed by atoms with Crippen molar-refractivity contribution in [1.29, 1.82) is 0 Å². The van der Waals surface area contributed by atoms with Gasteiger partial charge in [-0.25, -0.2) is 9.78 Å². The molecule has 3 aromatic carbocycles. The van der Waals surface area contributed by atoms with Crippen molar-refractivity contribution in [3.8, 4) is 0 Å². The Hall–Kier alpha value is -3.77. The number of pyridine rings is 1. The first-order valence-corrected chi connectivity index (χ1v) is 12.1. The second-order valence-corrected chi connectivity index (χ2v) is 9.05. The molecule has 0 fully saturated rings. The van der Waals surface area contributed by atoms with E-state index in [4.69, 9.17) is 0 Å². The van der Waals surface area contributed by atoms with Gasteiger partial charge in [-0.2, -0.15) is 0 Å². The second kappa shape index (κ2) is 11.1. The van der Waals surface area contributed by atoms with E-state index in [1.165, 1.54) is 0 Å². The molecule has 1 heterocycles. The number of amides is 1. The highest BCUT2D eigenvalue weighted by Gasteiger charge is 2.39. The Kier molecular flexibility index (Phi) is 7.73. The van der Waals surface area contributed by atoms with Crippen LogP contribution in [0.3, 0.4) is 0 Å². The number of halogens is 1. The summed E-state index contributed by atoms with van der Waals surface area (Å²) in [7, 11) is 0. The Labute approximate surface area is 213 Å². The van der Waals surface area contributed by atoms with Gasteiger partial charge in [-0.15, -0.1) is 0 Å². The zero-order valence-electron chi connectivity index (χ0n) is 19.0. The maximum Gasteiger partial charge on any atom is 0.326 e. The van der Waals surface area contributed by atoms with Gasteiger partial charge in [0.15, 0.2) is 0 Å². The normalized spacial score (nSPS) is 12.0. The molecule has 1 aromatic heterocycles. The standard InChI is InChI=1S/C29H25BrN2O3/c30-27-21(11-10-18-31-27)19-25(28(34)35)32-26(33)20-29(22-12-4-1-5-13-22,23-14-6-2-7-15-23)24-16-8-3-9-17-24/h1-18,25H,19-20H2,(H,32,33)(H,34,35)/t25-/m0/s1. The summed E-state index contributed by atoms with van der Waals surface area (Å²) in [5.74, 6) is -1.45. The third-order valence-electron chi connectivity index (χ3n) is 6.12. The van der Waals surface area contributed by atoms with E-state index in [9.17, 15) is 14.7 Å². The topological polar surface area (TPSA) is 79.3 Å². The zero-order valence-corrected chi connectivity index (χ0v) is 20.6. The van der Waals surface area contributed by atoms with Gasteiger partial charge in [0.2, 0.25) is 5.91 Å². The van der Waals surface area contributed by atoms with Crippen LogP contribution in [0, 0.1) is 0 Å². The van der Waals surface area contributed by atoms with Crippen molar-refractivity contribution in [2.45, 2.75) is 24.3 Å². The summed E-state index contributed by atoms with van der Waals surface area (Å²) >= 11 is 3.36. The maximum absolute atomic E-state index is 13.6. The van der Waals surface area contributed by atoms with Crippen LogP contribution in [-0.2, 0) is 21.4 Å². The fourth-order valence-electron chi connectivity index (χ4n) is 4.45. The molecule has 0 spiro atoms. The highest BCUT2D eigenvalue weighted by molar-refractivity contribution is 9.10. The van der Waals surface area contributed by atoms with Crippen molar-refractivity contribution >= 4 is 27.8 Å². The lowest BCUT2D eigenvalue weighted by atomic mass is 9.67. The van der Waals surface area contributed by atoms with Gasteiger partial charge >= 0.3 is 5.97 Å².